The van der Waals surface area contributed by atoms with E-state index in [2.05, 4.69) is 44.5 Å². The number of benzene rings is 1. The molecule has 1 atom stereocenters. The Morgan fingerprint density at radius 3 is 2.90 bits per heavy atom. The van der Waals surface area contributed by atoms with E-state index >= 15 is 0 Å². The number of hydrogen-bond acceptors (Lipinski definition) is 4. The Morgan fingerprint density at radius 2 is 2.03 bits per heavy atom. The zero-order valence-corrected chi connectivity index (χ0v) is 16.7. The van der Waals surface area contributed by atoms with Gasteiger partial charge in [-0.15, -0.1) is 0 Å². The molecule has 3 aromatic rings. The van der Waals surface area contributed by atoms with Crippen molar-refractivity contribution in [1.82, 2.24) is 30.2 Å². The second-order valence-electron chi connectivity index (χ2n) is 8.17. The lowest BCUT2D eigenvalue weighted by atomic mass is 9.90. The molecule has 5 rings (SSSR count). The van der Waals surface area contributed by atoms with Crippen LogP contribution in [-0.4, -0.2) is 62.8 Å². The van der Waals surface area contributed by atoms with E-state index in [-0.39, 0.29) is 11.8 Å². The Kier molecular flexibility index (Phi) is 4.67. The third kappa shape index (κ3) is 3.35. The van der Waals surface area contributed by atoms with E-state index in [1.807, 2.05) is 29.3 Å². The minimum Gasteiger partial charge on any atom is -0.337 e. The average molecular weight is 390 g/mol. The van der Waals surface area contributed by atoms with Crippen molar-refractivity contribution in [3.63, 3.8) is 0 Å². The van der Waals surface area contributed by atoms with Gasteiger partial charge in [-0.05, 0) is 25.5 Å². The van der Waals surface area contributed by atoms with Crippen molar-refractivity contribution in [3.05, 3.63) is 59.2 Å². The molecule has 29 heavy (non-hydrogen) atoms. The molecule has 7 heteroatoms. The van der Waals surface area contributed by atoms with E-state index in [1.165, 1.54) is 0 Å². The fraction of sp³-hybridized carbons (Fsp3) is 0.409. The second kappa shape index (κ2) is 7.48. The van der Waals surface area contributed by atoms with Gasteiger partial charge in [-0.3, -0.25) is 15.0 Å². The SMILES string of the molecule is CN1CCc2[nH]nc(C(=O)N3CCCC(c4[nH]ncc4-c4ccccc4)C3)c2C1. The average Bonchev–Trinajstić information content (AvgIpc) is 3.41. The number of carbonyl (C=O) groups is 1. The molecule has 7 nitrogen and oxygen atoms in total. The highest BCUT2D eigenvalue weighted by atomic mass is 16.2. The van der Waals surface area contributed by atoms with Crippen LogP contribution in [0.4, 0.5) is 0 Å². The van der Waals surface area contributed by atoms with Crippen LogP contribution in [0.3, 0.4) is 0 Å². The predicted octanol–water partition coefficient (Wildman–Crippen LogP) is 2.81. The lowest BCUT2D eigenvalue weighted by Crippen LogP contribution is -2.40. The van der Waals surface area contributed by atoms with E-state index in [0.29, 0.717) is 12.2 Å². The Hall–Kier alpha value is -2.93. The molecular formula is C22H26N6O. The zero-order chi connectivity index (χ0) is 19.8. The number of rotatable bonds is 3. The summed E-state index contributed by atoms with van der Waals surface area (Å²) in [4.78, 5) is 17.5. The molecule has 2 aliphatic rings. The van der Waals surface area contributed by atoms with E-state index in [0.717, 1.165) is 67.0 Å². The minimum absolute atomic E-state index is 0.0447. The zero-order valence-electron chi connectivity index (χ0n) is 16.7. The van der Waals surface area contributed by atoms with E-state index in [4.69, 9.17) is 0 Å². The summed E-state index contributed by atoms with van der Waals surface area (Å²) in [5.74, 6) is 0.297. The third-order valence-corrected chi connectivity index (χ3v) is 6.20. The number of amides is 1. The van der Waals surface area contributed by atoms with Crippen LogP contribution in [-0.2, 0) is 13.0 Å². The van der Waals surface area contributed by atoms with Crippen molar-refractivity contribution >= 4 is 5.91 Å². The van der Waals surface area contributed by atoms with Crippen molar-refractivity contribution in [2.75, 3.05) is 26.7 Å². The van der Waals surface area contributed by atoms with Crippen LogP contribution in [0.25, 0.3) is 11.1 Å². The van der Waals surface area contributed by atoms with Crippen molar-refractivity contribution in [1.29, 1.82) is 0 Å². The molecule has 2 aromatic heterocycles. The molecular weight excluding hydrogens is 364 g/mol. The Morgan fingerprint density at radius 1 is 1.17 bits per heavy atom. The molecule has 0 spiro atoms. The van der Waals surface area contributed by atoms with Crippen LogP contribution >= 0.6 is 0 Å². The molecule has 0 aliphatic carbocycles. The maximum atomic E-state index is 13.3. The molecule has 1 amide bonds. The van der Waals surface area contributed by atoms with Gasteiger partial charge in [0, 0.05) is 61.0 Å². The number of H-pyrrole nitrogens is 2. The highest BCUT2D eigenvalue weighted by Gasteiger charge is 2.32. The van der Waals surface area contributed by atoms with Gasteiger partial charge in [0.1, 0.15) is 0 Å². The fourth-order valence-electron chi connectivity index (χ4n) is 4.61. The first-order valence-electron chi connectivity index (χ1n) is 10.3. The van der Waals surface area contributed by atoms with Gasteiger partial charge in [-0.25, -0.2) is 0 Å². The molecule has 1 aromatic carbocycles. The monoisotopic (exact) mass is 390 g/mol. The molecule has 0 saturated carbocycles. The normalized spacial score (nSPS) is 19.9. The van der Waals surface area contributed by atoms with Gasteiger partial charge in [0.25, 0.3) is 5.91 Å². The maximum absolute atomic E-state index is 13.3. The summed E-state index contributed by atoms with van der Waals surface area (Å²) in [6, 6.07) is 10.3. The van der Waals surface area contributed by atoms with Crippen LogP contribution in [0.15, 0.2) is 36.5 Å². The molecule has 4 heterocycles. The summed E-state index contributed by atoms with van der Waals surface area (Å²) in [5, 5.41) is 15.0. The second-order valence-corrected chi connectivity index (χ2v) is 8.17. The molecule has 2 aliphatic heterocycles. The number of hydrogen-bond donors (Lipinski definition) is 2. The van der Waals surface area contributed by atoms with E-state index in [1.54, 1.807) is 0 Å². The van der Waals surface area contributed by atoms with E-state index in [9.17, 15) is 4.79 Å². The third-order valence-electron chi connectivity index (χ3n) is 6.20. The van der Waals surface area contributed by atoms with Gasteiger partial charge in [-0.1, -0.05) is 30.3 Å². The van der Waals surface area contributed by atoms with Gasteiger partial charge in [-0.2, -0.15) is 10.2 Å². The first-order valence-corrected chi connectivity index (χ1v) is 10.3. The summed E-state index contributed by atoms with van der Waals surface area (Å²) in [7, 11) is 2.09. The number of fused-ring (bicyclic) bond motifs is 1. The predicted molar refractivity (Wildman–Crippen MR) is 111 cm³/mol. The standard InChI is InChI=1S/C22H26N6O/c1-27-11-9-19-18(14-27)21(26-24-19)22(29)28-10-5-8-16(13-28)20-17(12-23-25-20)15-6-3-2-4-7-15/h2-4,6-7,12,16H,5,8-11,13-14H2,1H3,(H,23,25)(H,24,26). The molecule has 0 radical (unpaired) electrons. The summed E-state index contributed by atoms with van der Waals surface area (Å²) in [6.07, 6.45) is 4.85. The van der Waals surface area contributed by atoms with Crippen LogP contribution in [0.5, 0.6) is 0 Å². The fourth-order valence-corrected chi connectivity index (χ4v) is 4.61. The van der Waals surface area contributed by atoms with Crippen molar-refractivity contribution in [2.45, 2.75) is 31.7 Å². The molecule has 1 fully saturated rings. The number of likely N-dealkylation sites (N-methyl/N-ethyl adjacent to an activating group) is 1. The molecule has 1 unspecified atom stereocenters. The van der Waals surface area contributed by atoms with Crippen molar-refractivity contribution in [2.24, 2.45) is 0 Å². The summed E-state index contributed by atoms with van der Waals surface area (Å²) in [5.41, 5.74) is 6.18. The smallest absolute Gasteiger partial charge is 0.274 e. The van der Waals surface area contributed by atoms with Crippen LogP contribution < -0.4 is 0 Å². The lowest BCUT2D eigenvalue weighted by molar-refractivity contribution is 0.0697. The topological polar surface area (TPSA) is 80.9 Å². The number of piperidine rings is 1. The van der Waals surface area contributed by atoms with Crippen molar-refractivity contribution in [3.8, 4) is 11.1 Å². The van der Waals surface area contributed by atoms with Gasteiger partial charge in [0.15, 0.2) is 5.69 Å². The number of aromatic amines is 2. The Labute approximate surface area is 170 Å². The summed E-state index contributed by atoms with van der Waals surface area (Å²) < 4.78 is 0. The van der Waals surface area contributed by atoms with Crippen LogP contribution in [0.2, 0.25) is 0 Å². The number of aromatic nitrogens is 4. The first kappa shape index (κ1) is 18.1. The Bertz CT molecular complexity index is 1010. The number of nitrogens with zero attached hydrogens (tertiary/aromatic N) is 4. The quantitative estimate of drug-likeness (QED) is 0.721. The van der Waals surface area contributed by atoms with Gasteiger partial charge in [0.2, 0.25) is 0 Å². The van der Waals surface area contributed by atoms with Gasteiger partial charge in [0.05, 0.1) is 6.20 Å². The number of carbonyl (C=O) groups excluding carboxylic acids is 1. The van der Waals surface area contributed by atoms with Crippen molar-refractivity contribution < 1.29 is 4.79 Å². The molecule has 2 N–H and O–H groups in total. The molecule has 0 bridgehead atoms. The lowest BCUT2D eigenvalue weighted by Gasteiger charge is -2.33. The highest BCUT2D eigenvalue weighted by Crippen LogP contribution is 2.33. The van der Waals surface area contributed by atoms with Crippen LogP contribution in [0.1, 0.15) is 46.2 Å². The summed E-state index contributed by atoms with van der Waals surface area (Å²) >= 11 is 0. The minimum atomic E-state index is 0.0447. The summed E-state index contributed by atoms with van der Waals surface area (Å²) in [6.45, 7) is 3.25. The Balaban J connectivity index is 1.38. The van der Waals surface area contributed by atoms with Gasteiger partial charge < -0.3 is 9.80 Å². The molecule has 150 valence electrons. The number of nitrogens with one attached hydrogen (secondary N) is 2. The first-order chi connectivity index (χ1) is 14.2. The highest BCUT2D eigenvalue weighted by molar-refractivity contribution is 5.94. The largest absolute Gasteiger partial charge is 0.337 e. The van der Waals surface area contributed by atoms with E-state index < -0.39 is 0 Å². The number of likely N-dealkylation sites (tertiary alicyclic amines) is 1. The maximum Gasteiger partial charge on any atom is 0.274 e. The van der Waals surface area contributed by atoms with Crippen LogP contribution in [0, 0.1) is 0 Å². The molecule has 1 saturated heterocycles. The van der Waals surface area contributed by atoms with Gasteiger partial charge >= 0.3 is 0 Å².